The number of benzene rings is 2. The van der Waals surface area contributed by atoms with Crippen molar-refractivity contribution in [3.05, 3.63) is 58.6 Å². The van der Waals surface area contributed by atoms with Gasteiger partial charge in [0.2, 0.25) is 10.0 Å². The molecule has 0 aliphatic carbocycles. The van der Waals surface area contributed by atoms with Crippen molar-refractivity contribution in [1.82, 2.24) is 4.31 Å². The summed E-state index contributed by atoms with van der Waals surface area (Å²) < 4.78 is 32.5. The van der Waals surface area contributed by atoms with Crippen LogP contribution in [0, 0.1) is 6.92 Å². The van der Waals surface area contributed by atoms with Gasteiger partial charge in [0.05, 0.1) is 4.90 Å². The van der Waals surface area contributed by atoms with Crippen LogP contribution in [-0.2, 0) is 10.0 Å². The Morgan fingerprint density at radius 3 is 2.23 bits per heavy atom. The van der Waals surface area contributed by atoms with Crippen molar-refractivity contribution < 1.29 is 13.2 Å². The van der Waals surface area contributed by atoms with E-state index in [0.717, 1.165) is 15.8 Å². The van der Waals surface area contributed by atoms with Crippen molar-refractivity contribution in [2.45, 2.75) is 11.8 Å². The van der Waals surface area contributed by atoms with Gasteiger partial charge in [0.1, 0.15) is 12.4 Å². The molecule has 0 fully saturated rings. The molecule has 0 N–H and O–H groups in total. The lowest BCUT2D eigenvalue weighted by molar-refractivity contribution is 0.287. The molecule has 0 amide bonds. The predicted octanol–water partition coefficient (Wildman–Crippen LogP) is 3.46. The largest absolute Gasteiger partial charge is 0.492 e. The Kier molecular flexibility index (Phi) is 5.61. The quantitative estimate of drug-likeness (QED) is 0.767. The predicted molar refractivity (Wildman–Crippen MR) is 90.6 cm³/mol. The third-order valence-corrected chi connectivity index (χ3v) is 5.62. The minimum atomic E-state index is -3.48. The second-order valence-electron chi connectivity index (χ2n) is 4.94. The zero-order chi connectivity index (χ0) is 16.2. The molecule has 0 heterocycles. The van der Waals surface area contributed by atoms with E-state index >= 15 is 0 Å². The first-order valence-electron chi connectivity index (χ1n) is 6.81. The number of likely N-dealkylation sites (N-methyl/N-ethyl adjacent to an activating group) is 1. The Hall–Kier alpha value is -1.37. The molecule has 0 bridgehead atoms. The summed E-state index contributed by atoms with van der Waals surface area (Å²) >= 11 is 3.29. The number of hydrogen-bond acceptors (Lipinski definition) is 3. The van der Waals surface area contributed by atoms with Crippen molar-refractivity contribution in [3.63, 3.8) is 0 Å². The molecule has 118 valence electrons. The van der Waals surface area contributed by atoms with Gasteiger partial charge < -0.3 is 4.74 Å². The van der Waals surface area contributed by atoms with Gasteiger partial charge in [0.15, 0.2) is 0 Å². The standard InChI is InChI=1S/C16H18BrNO3S/c1-13-3-7-15(8-4-13)21-12-11-18(2)22(19,20)16-9-5-14(17)6-10-16/h3-10H,11-12H2,1-2H3. The van der Waals surface area contributed by atoms with Gasteiger partial charge in [-0.2, -0.15) is 4.31 Å². The molecule has 22 heavy (non-hydrogen) atoms. The summed E-state index contributed by atoms with van der Waals surface area (Å²) in [7, 11) is -1.93. The van der Waals surface area contributed by atoms with Crippen LogP contribution in [0.4, 0.5) is 0 Å². The van der Waals surface area contributed by atoms with Crippen LogP contribution in [0.1, 0.15) is 5.56 Å². The van der Waals surface area contributed by atoms with E-state index in [0.29, 0.717) is 6.61 Å². The molecule has 0 aliphatic rings. The van der Waals surface area contributed by atoms with Crippen molar-refractivity contribution >= 4 is 26.0 Å². The lowest BCUT2D eigenvalue weighted by Crippen LogP contribution is -2.31. The van der Waals surface area contributed by atoms with E-state index in [4.69, 9.17) is 4.74 Å². The first-order chi connectivity index (χ1) is 10.4. The highest BCUT2D eigenvalue weighted by molar-refractivity contribution is 9.10. The van der Waals surface area contributed by atoms with Crippen LogP contribution in [0.2, 0.25) is 0 Å². The average molecular weight is 384 g/mol. The van der Waals surface area contributed by atoms with Crippen LogP contribution >= 0.6 is 15.9 Å². The highest BCUT2D eigenvalue weighted by atomic mass is 79.9. The topological polar surface area (TPSA) is 46.6 Å². The summed E-state index contributed by atoms with van der Waals surface area (Å²) in [5.41, 5.74) is 1.15. The molecule has 0 spiro atoms. The van der Waals surface area contributed by atoms with Crippen molar-refractivity contribution in [2.75, 3.05) is 20.2 Å². The summed E-state index contributed by atoms with van der Waals surface area (Å²) in [4.78, 5) is 0.272. The first kappa shape index (κ1) is 17.0. The average Bonchev–Trinajstić information content (AvgIpc) is 2.49. The second-order valence-corrected chi connectivity index (χ2v) is 7.90. The van der Waals surface area contributed by atoms with Gasteiger partial charge in [-0.3, -0.25) is 0 Å². The molecule has 2 aromatic rings. The van der Waals surface area contributed by atoms with Gasteiger partial charge in [0.25, 0.3) is 0 Å². The van der Waals surface area contributed by atoms with E-state index in [2.05, 4.69) is 15.9 Å². The van der Waals surface area contributed by atoms with Crippen LogP contribution < -0.4 is 4.74 Å². The molecule has 0 aliphatic heterocycles. The number of halogens is 1. The minimum Gasteiger partial charge on any atom is -0.492 e. The number of aryl methyl sites for hydroxylation is 1. The number of sulfonamides is 1. The third kappa shape index (κ3) is 4.32. The van der Waals surface area contributed by atoms with Crippen LogP contribution in [0.25, 0.3) is 0 Å². The Bertz CT molecular complexity index is 712. The second kappa shape index (κ2) is 7.26. The maximum atomic E-state index is 12.4. The molecule has 4 nitrogen and oxygen atoms in total. The Morgan fingerprint density at radius 1 is 1.05 bits per heavy atom. The van der Waals surface area contributed by atoms with Crippen molar-refractivity contribution in [2.24, 2.45) is 0 Å². The molecular weight excluding hydrogens is 366 g/mol. The van der Waals surface area contributed by atoms with Crippen molar-refractivity contribution in [3.8, 4) is 5.75 Å². The molecule has 2 rings (SSSR count). The first-order valence-corrected chi connectivity index (χ1v) is 9.04. The fourth-order valence-corrected chi connectivity index (χ4v) is 3.25. The van der Waals surface area contributed by atoms with Gasteiger partial charge in [-0.1, -0.05) is 33.6 Å². The molecule has 0 saturated carbocycles. The fourth-order valence-electron chi connectivity index (χ4n) is 1.83. The van der Waals surface area contributed by atoms with Crippen LogP contribution in [0.15, 0.2) is 57.9 Å². The lowest BCUT2D eigenvalue weighted by atomic mass is 10.2. The van der Waals surface area contributed by atoms with E-state index in [1.807, 2.05) is 31.2 Å². The molecule has 0 saturated heterocycles. The highest BCUT2D eigenvalue weighted by Crippen LogP contribution is 2.18. The summed E-state index contributed by atoms with van der Waals surface area (Å²) in [5, 5.41) is 0. The van der Waals surface area contributed by atoms with Crippen LogP contribution in [0.5, 0.6) is 5.75 Å². The van der Waals surface area contributed by atoms with Gasteiger partial charge in [-0.05, 0) is 43.3 Å². The third-order valence-electron chi connectivity index (χ3n) is 3.22. The van der Waals surface area contributed by atoms with Crippen molar-refractivity contribution in [1.29, 1.82) is 0 Å². The monoisotopic (exact) mass is 383 g/mol. The fraction of sp³-hybridized carbons (Fsp3) is 0.250. The highest BCUT2D eigenvalue weighted by Gasteiger charge is 2.20. The summed E-state index contributed by atoms with van der Waals surface area (Å²) in [6.45, 7) is 2.59. The number of nitrogens with zero attached hydrogens (tertiary/aromatic N) is 1. The zero-order valence-corrected chi connectivity index (χ0v) is 14.9. The Balaban J connectivity index is 1.94. The molecule has 6 heteroatoms. The van der Waals surface area contributed by atoms with Gasteiger partial charge in [-0.25, -0.2) is 8.42 Å². The van der Waals surface area contributed by atoms with E-state index < -0.39 is 10.0 Å². The van der Waals surface area contributed by atoms with E-state index in [9.17, 15) is 8.42 Å². The zero-order valence-electron chi connectivity index (χ0n) is 12.5. The Labute approximate surface area is 139 Å². The number of rotatable bonds is 6. The van der Waals surface area contributed by atoms with Gasteiger partial charge in [-0.15, -0.1) is 0 Å². The molecule has 0 aromatic heterocycles. The maximum absolute atomic E-state index is 12.4. The van der Waals surface area contributed by atoms with E-state index in [-0.39, 0.29) is 11.4 Å². The summed E-state index contributed by atoms with van der Waals surface area (Å²) in [6.07, 6.45) is 0. The summed E-state index contributed by atoms with van der Waals surface area (Å²) in [5.74, 6) is 0.736. The molecule has 2 aromatic carbocycles. The molecule has 0 atom stereocenters. The molecule has 0 unspecified atom stereocenters. The maximum Gasteiger partial charge on any atom is 0.242 e. The Morgan fingerprint density at radius 2 is 1.64 bits per heavy atom. The van der Waals surface area contributed by atoms with Crippen LogP contribution in [0.3, 0.4) is 0 Å². The molecular formula is C16H18BrNO3S. The normalized spacial score (nSPS) is 11.6. The smallest absolute Gasteiger partial charge is 0.242 e. The van der Waals surface area contributed by atoms with Gasteiger partial charge in [0, 0.05) is 18.1 Å². The van der Waals surface area contributed by atoms with Gasteiger partial charge >= 0.3 is 0 Å². The SMILES string of the molecule is Cc1ccc(OCCN(C)S(=O)(=O)c2ccc(Br)cc2)cc1. The van der Waals surface area contributed by atoms with Crippen LogP contribution in [-0.4, -0.2) is 32.9 Å². The number of hydrogen-bond donors (Lipinski definition) is 0. The number of ether oxygens (including phenoxy) is 1. The minimum absolute atomic E-state index is 0.272. The molecule has 0 radical (unpaired) electrons. The lowest BCUT2D eigenvalue weighted by Gasteiger charge is -2.17. The van der Waals surface area contributed by atoms with E-state index in [1.54, 1.807) is 31.3 Å². The summed E-state index contributed by atoms with van der Waals surface area (Å²) in [6, 6.07) is 14.2. The van der Waals surface area contributed by atoms with E-state index in [1.165, 1.54) is 4.31 Å².